The summed E-state index contributed by atoms with van der Waals surface area (Å²) in [6.45, 7) is 2.02. The van der Waals surface area contributed by atoms with Gasteiger partial charge in [0.2, 0.25) is 0 Å². The van der Waals surface area contributed by atoms with Gasteiger partial charge in [-0.3, -0.25) is 4.79 Å². The van der Waals surface area contributed by atoms with Crippen LogP contribution in [0.15, 0.2) is 18.2 Å². The predicted molar refractivity (Wildman–Crippen MR) is 75.4 cm³/mol. The lowest BCUT2D eigenvalue weighted by molar-refractivity contribution is 0.0917. The first kappa shape index (κ1) is 13.7. The van der Waals surface area contributed by atoms with Gasteiger partial charge in [0, 0.05) is 6.04 Å². The lowest BCUT2D eigenvalue weighted by Gasteiger charge is -2.29. The van der Waals surface area contributed by atoms with E-state index in [-0.39, 0.29) is 11.9 Å². The third-order valence-electron chi connectivity index (χ3n) is 3.58. The molecule has 1 aliphatic rings. The summed E-state index contributed by atoms with van der Waals surface area (Å²) in [4.78, 5) is 14.5. The molecule has 0 spiro atoms. The summed E-state index contributed by atoms with van der Waals surface area (Å²) in [5.74, 6) is 0.419. The van der Waals surface area contributed by atoms with Crippen LogP contribution in [-0.4, -0.2) is 44.1 Å². The number of nitrogens with two attached hydrogens (primary N) is 1. The molecule has 1 saturated heterocycles. The first-order valence-electron chi connectivity index (χ1n) is 6.53. The third kappa shape index (κ3) is 3.17. The minimum Gasteiger partial charge on any atom is -0.495 e. The van der Waals surface area contributed by atoms with Gasteiger partial charge in [0.15, 0.2) is 0 Å². The van der Waals surface area contributed by atoms with Gasteiger partial charge in [-0.1, -0.05) is 6.07 Å². The average Bonchev–Trinajstić information content (AvgIpc) is 2.41. The number of ether oxygens (including phenoxy) is 1. The number of carbonyl (C=O) groups excluding carboxylic acids is 1. The zero-order valence-corrected chi connectivity index (χ0v) is 11.5. The number of anilines is 1. The molecule has 0 atom stereocenters. The molecular formula is C14H21N3O2. The summed E-state index contributed by atoms with van der Waals surface area (Å²) in [6, 6.07) is 5.48. The Balaban J connectivity index is 2.04. The molecule has 1 fully saturated rings. The fourth-order valence-electron chi connectivity index (χ4n) is 2.34. The largest absolute Gasteiger partial charge is 0.495 e. The number of rotatable bonds is 3. The molecule has 5 heteroatoms. The van der Waals surface area contributed by atoms with Gasteiger partial charge in [0.25, 0.3) is 5.91 Å². The van der Waals surface area contributed by atoms with E-state index in [2.05, 4.69) is 17.3 Å². The number of likely N-dealkylation sites (tertiary alicyclic amines) is 1. The minimum absolute atomic E-state index is 0.119. The molecule has 0 saturated carbocycles. The Morgan fingerprint density at radius 2 is 2.11 bits per heavy atom. The first-order valence-corrected chi connectivity index (χ1v) is 6.53. The quantitative estimate of drug-likeness (QED) is 0.801. The van der Waals surface area contributed by atoms with Gasteiger partial charge in [-0.15, -0.1) is 0 Å². The van der Waals surface area contributed by atoms with Crippen molar-refractivity contribution in [2.75, 3.05) is 33.0 Å². The molecule has 19 heavy (non-hydrogen) atoms. The zero-order valence-electron chi connectivity index (χ0n) is 11.5. The van der Waals surface area contributed by atoms with Crippen LogP contribution in [0.3, 0.4) is 0 Å². The molecule has 1 aromatic rings. The maximum atomic E-state index is 12.2. The summed E-state index contributed by atoms with van der Waals surface area (Å²) in [6.07, 6.45) is 1.96. The Hall–Kier alpha value is -1.75. The minimum atomic E-state index is -0.119. The monoisotopic (exact) mass is 263 g/mol. The molecule has 5 nitrogen and oxygen atoms in total. The van der Waals surface area contributed by atoms with E-state index in [1.165, 1.54) is 0 Å². The highest BCUT2D eigenvalue weighted by Gasteiger charge is 2.20. The van der Waals surface area contributed by atoms with Gasteiger partial charge in [-0.25, -0.2) is 0 Å². The molecule has 3 N–H and O–H groups in total. The Bertz CT molecular complexity index is 454. The van der Waals surface area contributed by atoms with Gasteiger partial charge in [0.1, 0.15) is 5.75 Å². The molecule has 1 aromatic carbocycles. The average molecular weight is 263 g/mol. The van der Waals surface area contributed by atoms with E-state index < -0.39 is 0 Å². The fraction of sp³-hybridized carbons (Fsp3) is 0.500. The zero-order chi connectivity index (χ0) is 13.8. The third-order valence-corrected chi connectivity index (χ3v) is 3.58. The topological polar surface area (TPSA) is 67.6 Å². The van der Waals surface area contributed by atoms with Crippen LogP contribution in [0, 0.1) is 0 Å². The number of nitrogen functional groups attached to an aromatic ring is 1. The number of benzene rings is 1. The highest BCUT2D eigenvalue weighted by molar-refractivity contribution is 6.00. The maximum absolute atomic E-state index is 12.2. The predicted octanol–water partition coefficient (Wildman–Crippen LogP) is 1.10. The van der Waals surface area contributed by atoms with Gasteiger partial charge in [0.05, 0.1) is 18.4 Å². The summed E-state index contributed by atoms with van der Waals surface area (Å²) in [5.41, 5.74) is 6.81. The number of hydrogen-bond acceptors (Lipinski definition) is 4. The summed E-state index contributed by atoms with van der Waals surface area (Å²) < 4.78 is 5.13. The van der Waals surface area contributed by atoms with Crippen LogP contribution in [0.1, 0.15) is 23.2 Å². The highest BCUT2D eigenvalue weighted by atomic mass is 16.5. The van der Waals surface area contributed by atoms with Crippen LogP contribution in [0.2, 0.25) is 0 Å². The van der Waals surface area contributed by atoms with Gasteiger partial charge in [-0.2, -0.15) is 0 Å². The van der Waals surface area contributed by atoms with Crippen LogP contribution in [0.5, 0.6) is 5.75 Å². The van der Waals surface area contributed by atoms with E-state index in [1.54, 1.807) is 25.3 Å². The van der Waals surface area contributed by atoms with Crippen molar-refractivity contribution in [3.05, 3.63) is 23.8 Å². The first-order chi connectivity index (χ1) is 9.11. The van der Waals surface area contributed by atoms with Crippen LogP contribution in [0.4, 0.5) is 5.69 Å². The number of methoxy groups -OCH3 is 1. The highest BCUT2D eigenvalue weighted by Crippen LogP contribution is 2.24. The smallest absolute Gasteiger partial charge is 0.253 e. The second kappa shape index (κ2) is 5.93. The lowest BCUT2D eigenvalue weighted by atomic mass is 10.0. The number of carbonyl (C=O) groups is 1. The van der Waals surface area contributed by atoms with E-state index in [0.29, 0.717) is 17.0 Å². The van der Waals surface area contributed by atoms with Crippen molar-refractivity contribution in [1.29, 1.82) is 0 Å². The number of nitrogens with one attached hydrogen (secondary N) is 1. The number of piperidine rings is 1. The molecule has 104 valence electrons. The number of para-hydroxylation sites is 1. The Morgan fingerprint density at radius 3 is 2.74 bits per heavy atom. The van der Waals surface area contributed by atoms with Crippen molar-refractivity contribution >= 4 is 11.6 Å². The molecule has 0 unspecified atom stereocenters. The van der Waals surface area contributed by atoms with E-state index in [0.717, 1.165) is 25.9 Å². The molecule has 1 heterocycles. The normalized spacial score (nSPS) is 17.2. The molecular weight excluding hydrogens is 242 g/mol. The molecule has 1 aliphatic heterocycles. The van der Waals surface area contributed by atoms with Crippen molar-refractivity contribution < 1.29 is 9.53 Å². The Kier molecular flexibility index (Phi) is 4.27. The van der Waals surface area contributed by atoms with Gasteiger partial charge in [-0.05, 0) is 45.1 Å². The van der Waals surface area contributed by atoms with Crippen molar-refractivity contribution in [2.45, 2.75) is 18.9 Å². The van der Waals surface area contributed by atoms with Crippen molar-refractivity contribution in [3.63, 3.8) is 0 Å². The van der Waals surface area contributed by atoms with Crippen LogP contribution in [0.25, 0.3) is 0 Å². The maximum Gasteiger partial charge on any atom is 0.253 e. The SMILES string of the molecule is COc1cccc(C(=O)NC2CCN(C)CC2)c1N. The Morgan fingerprint density at radius 1 is 1.42 bits per heavy atom. The Labute approximate surface area is 113 Å². The molecule has 0 aromatic heterocycles. The molecule has 0 aliphatic carbocycles. The molecule has 1 amide bonds. The van der Waals surface area contributed by atoms with Gasteiger partial charge >= 0.3 is 0 Å². The second-order valence-corrected chi connectivity index (χ2v) is 4.97. The number of nitrogens with zero attached hydrogens (tertiary/aromatic N) is 1. The summed E-state index contributed by atoms with van der Waals surface area (Å²) in [7, 11) is 3.64. The van der Waals surface area contributed by atoms with Crippen molar-refractivity contribution in [2.24, 2.45) is 0 Å². The van der Waals surface area contributed by atoms with E-state index in [9.17, 15) is 4.79 Å². The molecule has 2 rings (SSSR count). The fourth-order valence-corrected chi connectivity index (χ4v) is 2.34. The molecule has 0 bridgehead atoms. The standard InChI is InChI=1S/C14H21N3O2/c1-17-8-6-10(7-9-17)16-14(18)11-4-3-5-12(19-2)13(11)15/h3-5,10H,6-9,15H2,1-2H3,(H,16,18). The van der Waals surface area contributed by atoms with Gasteiger partial charge < -0.3 is 20.7 Å². The van der Waals surface area contributed by atoms with Crippen LogP contribution < -0.4 is 15.8 Å². The number of amides is 1. The lowest BCUT2D eigenvalue weighted by Crippen LogP contribution is -2.43. The van der Waals surface area contributed by atoms with Crippen molar-refractivity contribution in [3.8, 4) is 5.75 Å². The van der Waals surface area contributed by atoms with Crippen LogP contribution >= 0.6 is 0 Å². The van der Waals surface area contributed by atoms with E-state index in [4.69, 9.17) is 10.5 Å². The second-order valence-electron chi connectivity index (χ2n) is 4.97. The van der Waals surface area contributed by atoms with Crippen molar-refractivity contribution in [1.82, 2.24) is 10.2 Å². The number of hydrogen-bond donors (Lipinski definition) is 2. The van der Waals surface area contributed by atoms with E-state index in [1.807, 2.05) is 0 Å². The van der Waals surface area contributed by atoms with E-state index >= 15 is 0 Å². The molecule has 0 radical (unpaired) electrons. The summed E-state index contributed by atoms with van der Waals surface area (Å²) >= 11 is 0. The van der Waals surface area contributed by atoms with Crippen LogP contribution in [-0.2, 0) is 0 Å². The summed E-state index contributed by atoms with van der Waals surface area (Å²) in [5, 5.41) is 3.05.